The van der Waals surface area contributed by atoms with Crippen molar-refractivity contribution in [3.63, 3.8) is 0 Å². The first-order valence-electron chi connectivity index (χ1n) is 7.97. The summed E-state index contributed by atoms with van der Waals surface area (Å²) in [7, 11) is 0. The Morgan fingerprint density at radius 1 is 1.12 bits per heavy atom. The van der Waals surface area contributed by atoms with Crippen molar-refractivity contribution in [1.29, 1.82) is 0 Å². The lowest BCUT2D eigenvalue weighted by Crippen LogP contribution is -2.57. The molecule has 1 rings (SSSR count). The number of aliphatic carboxylic acids is 1. The van der Waals surface area contributed by atoms with Crippen LogP contribution in [0.4, 0.5) is 0 Å². The van der Waals surface area contributed by atoms with Crippen molar-refractivity contribution in [2.75, 3.05) is 19.7 Å². The Hall–Kier alpha value is -2.73. The zero-order valence-electron chi connectivity index (χ0n) is 14.0. The lowest BCUT2D eigenvalue weighted by molar-refractivity contribution is -0.139. The fourth-order valence-corrected chi connectivity index (χ4v) is 2.34. The minimum Gasteiger partial charge on any atom is -0.480 e. The number of nitrogens with two attached hydrogens (primary N) is 1. The Morgan fingerprint density at radius 3 is 2.31 bits per heavy atom. The third kappa shape index (κ3) is 7.03. The molecule has 0 aromatic heterocycles. The van der Waals surface area contributed by atoms with Gasteiger partial charge in [0.05, 0.1) is 19.1 Å². The number of hydrogen-bond donors (Lipinski definition) is 7. The number of carbonyl (C=O) groups is 5. The van der Waals surface area contributed by atoms with Crippen molar-refractivity contribution in [2.45, 2.75) is 37.4 Å². The van der Waals surface area contributed by atoms with E-state index in [1.165, 1.54) is 0 Å². The topological polar surface area (TPSA) is 200 Å². The Bertz CT molecular complexity index is 562. The van der Waals surface area contributed by atoms with Gasteiger partial charge in [-0.05, 0) is 19.4 Å². The van der Waals surface area contributed by atoms with Crippen LogP contribution in [-0.4, -0.2) is 77.6 Å². The molecule has 0 bridgehead atoms. The normalized spacial score (nSPS) is 18.4. The molecule has 1 aliphatic rings. The SMILES string of the molecule is NC(=O)CC(NC(=O)C1CCCN1)C(=O)NC(CO)C(=O)NCC(=O)O. The maximum atomic E-state index is 12.3. The number of nitrogens with one attached hydrogen (secondary N) is 4. The van der Waals surface area contributed by atoms with Gasteiger partial charge >= 0.3 is 5.97 Å². The van der Waals surface area contributed by atoms with E-state index in [1.807, 2.05) is 5.32 Å². The van der Waals surface area contributed by atoms with Gasteiger partial charge in [-0.15, -0.1) is 0 Å². The molecule has 0 aromatic carbocycles. The Labute approximate surface area is 148 Å². The zero-order valence-corrected chi connectivity index (χ0v) is 14.0. The molecule has 1 aliphatic heterocycles. The van der Waals surface area contributed by atoms with Crippen molar-refractivity contribution in [3.05, 3.63) is 0 Å². The highest BCUT2D eigenvalue weighted by Gasteiger charge is 2.30. The van der Waals surface area contributed by atoms with E-state index in [9.17, 15) is 29.1 Å². The number of rotatable bonds is 10. The number of aliphatic hydroxyl groups is 1. The largest absolute Gasteiger partial charge is 0.480 e. The standard InChI is InChI=1S/C14H23N5O7/c15-10(21)4-8(18-13(25)7-2-1-3-16-7)14(26)19-9(6-20)12(24)17-5-11(22)23/h7-9,16,20H,1-6H2,(H2,15,21)(H,17,24)(H,18,25)(H,19,26)(H,22,23). The van der Waals surface area contributed by atoms with E-state index >= 15 is 0 Å². The summed E-state index contributed by atoms with van der Waals surface area (Å²) in [6, 6.07) is -3.27. The van der Waals surface area contributed by atoms with Crippen molar-refractivity contribution >= 4 is 29.6 Å². The van der Waals surface area contributed by atoms with Gasteiger partial charge in [0.25, 0.3) is 0 Å². The van der Waals surface area contributed by atoms with E-state index in [2.05, 4.69) is 16.0 Å². The molecule has 0 saturated carbocycles. The monoisotopic (exact) mass is 373 g/mol. The minimum absolute atomic E-state index is 0.486. The number of aliphatic hydroxyl groups excluding tert-OH is 1. The van der Waals surface area contributed by atoms with E-state index in [0.717, 1.165) is 6.42 Å². The van der Waals surface area contributed by atoms with Crippen LogP contribution < -0.4 is 27.0 Å². The molecule has 12 nitrogen and oxygen atoms in total. The second-order valence-electron chi connectivity index (χ2n) is 5.74. The predicted molar refractivity (Wildman–Crippen MR) is 86.4 cm³/mol. The van der Waals surface area contributed by atoms with E-state index < -0.39 is 67.3 Å². The van der Waals surface area contributed by atoms with Gasteiger partial charge in [-0.25, -0.2) is 0 Å². The lowest BCUT2D eigenvalue weighted by Gasteiger charge is -2.22. The maximum absolute atomic E-state index is 12.3. The molecule has 1 saturated heterocycles. The predicted octanol–water partition coefficient (Wildman–Crippen LogP) is -4.22. The Balaban J connectivity index is 2.70. The molecule has 26 heavy (non-hydrogen) atoms. The lowest BCUT2D eigenvalue weighted by atomic mass is 10.1. The molecule has 12 heteroatoms. The molecule has 0 aliphatic carbocycles. The van der Waals surface area contributed by atoms with Crippen molar-refractivity contribution < 1.29 is 34.2 Å². The average Bonchev–Trinajstić information content (AvgIpc) is 3.10. The Kier molecular flexibility index (Phi) is 8.45. The van der Waals surface area contributed by atoms with Crippen molar-refractivity contribution in [1.82, 2.24) is 21.3 Å². The summed E-state index contributed by atoms with van der Waals surface area (Å²) in [5.74, 6) is -4.46. The number of amides is 4. The number of carboxylic acids is 1. The summed E-state index contributed by atoms with van der Waals surface area (Å²) >= 11 is 0. The van der Waals surface area contributed by atoms with Gasteiger partial charge < -0.3 is 37.2 Å². The molecule has 146 valence electrons. The van der Waals surface area contributed by atoms with E-state index in [1.54, 1.807) is 0 Å². The number of hydrogen-bond acceptors (Lipinski definition) is 7. The summed E-state index contributed by atoms with van der Waals surface area (Å²) in [5.41, 5.74) is 5.08. The van der Waals surface area contributed by atoms with Crippen LogP contribution in [0, 0.1) is 0 Å². The quantitative estimate of drug-likeness (QED) is 0.200. The van der Waals surface area contributed by atoms with Crippen LogP contribution in [0.25, 0.3) is 0 Å². The van der Waals surface area contributed by atoms with Crippen molar-refractivity contribution in [3.8, 4) is 0 Å². The minimum atomic E-state index is -1.45. The zero-order chi connectivity index (χ0) is 19.7. The molecule has 1 fully saturated rings. The van der Waals surface area contributed by atoms with Gasteiger partial charge in [0, 0.05) is 0 Å². The van der Waals surface area contributed by atoms with Crippen LogP contribution >= 0.6 is 0 Å². The van der Waals surface area contributed by atoms with E-state index in [0.29, 0.717) is 13.0 Å². The van der Waals surface area contributed by atoms with Gasteiger partial charge in [0.15, 0.2) is 0 Å². The van der Waals surface area contributed by atoms with Crippen LogP contribution in [0.2, 0.25) is 0 Å². The molecule has 3 atom stereocenters. The van der Waals surface area contributed by atoms with Gasteiger partial charge in [-0.2, -0.15) is 0 Å². The summed E-state index contributed by atoms with van der Waals surface area (Å²) in [4.78, 5) is 57.7. The molecular weight excluding hydrogens is 350 g/mol. The van der Waals surface area contributed by atoms with Crippen LogP contribution in [0.5, 0.6) is 0 Å². The van der Waals surface area contributed by atoms with Gasteiger partial charge in [0.2, 0.25) is 23.6 Å². The first-order chi connectivity index (χ1) is 12.2. The third-order valence-corrected chi connectivity index (χ3v) is 3.64. The number of carboxylic acid groups (broad SMARTS) is 1. The molecule has 4 amide bonds. The summed E-state index contributed by atoms with van der Waals surface area (Å²) in [6.07, 6.45) is 0.869. The second kappa shape index (κ2) is 10.3. The fourth-order valence-electron chi connectivity index (χ4n) is 2.34. The molecule has 0 radical (unpaired) electrons. The smallest absolute Gasteiger partial charge is 0.322 e. The third-order valence-electron chi connectivity index (χ3n) is 3.64. The highest BCUT2D eigenvalue weighted by Crippen LogP contribution is 2.06. The molecule has 0 aromatic rings. The van der Waals surface area contributed by atoms with Crippen LogP contribution in [0.3, 0.4) is 0 Å². The van der Waals surface area contributed by atoms with Crippen LogP contribution in [-0.2, 0) is 24.0 Å². The maximum Gasteiger partial charge on any atom is 0.322 e. The van der Waals surface area contributed by atoms with Gasteiger partial charge in [-0.3, -0.25) is 24.0 Å². The summed E-state index contributed by atoms with van der Waals surface area (Å²) in [6.45, 7) is -0.848. The van der Waals surface area contributed by atoms with Gasteiger partial charge in [0.1, 0.15) is 18.6 Å². The first-order valence-corrected chi connectivity index (χ1v) is 7.97. The molecular formula is C14H23N5O7. The molecule has 0 spiro atoms. The summed E-state index contributed by atoms with van der Waals surface area (Å²) < 4.78 is 0. The summed E-state index contributed by atoms with van der Waals surface area (Å²) in [5, 5.41) is 27.2. The highest BCUT2D eigenvalue weighted by molar-refractivity contribution is 5.96. The van der Waals surface area contributed by atoms with E-state index in [4.69, 9.17) is 10.8 Å². The second-order valence-corrected chi connectivity index (χ2v) is 5.74. The molecule has 3 unspecified atom stereocenters. The Morgan fingerprint density at radius 2 is 1.81 bits per heavy atom. The van der Waals surface area contributed by atoms with Crippen molar-refractivity contribution in [2.24, 2.45) is 5.73 Å². The van der Waals surface area contributed by atoms with Crippen LogP contribution in [0.1, 0.15) is 19.3 Å². The highest BCUT2D eigenvalue weighted by atomic mass is 16.4. The van der Waals surface area contributed by atoms with E-state index in [-0.39, 0.29) is 0 Å². The van der Waals surface area contributed by atoms with Gasteiger partial charge in [-0.1, -0.05) is 0 Å². The average molecular weight is 373 g/mol. The molecule has 1 heterocycles. The first kappa shape index (κ1) is 21.3. The number of carbonyl (C=O) groups excluding carboxylic acids is 4. The fraction of sp³-hybridized carbons (Fsp3) is 0.643. The van der Waals surface area contributed by atoms with Crippen LogP contribution in [0.15, 0.2) is 0 Å². The number of primary amides is 1. The molecule has 8 N–H and O–H groups in total.